The van der Waals surface area contributed by atoms with Gasteiger partial charge in [0.1, 0.15) is 0 Å². The summed E-state index contributed by atoms with van der Waals surface area (Å²) in [7, 11) is 4.87. The second-order valence-corrected chi connectivity index (χ2v) is 4.47. The molecular formula is C15H19NO5. The molecule has 1 rings (SSSR count). The molecule has 0 radical (unpaired) electrons. The van der Waals surface area contributed by atoms with Crippen LogP contribution < -0.4 is 9.47 Å². The lowest BCUT2D eigenvalue weighted by Gasteiger charge is -2.13. The Balaban J connectivity index is 2.71. The maximum atomic E-state index is 11.4. The van der Waals surface area contributed by atoms with E-state index < -0.39 is 5.97 Å². The molecule has 6 heteroatoms. The Hall–Kier alpha value is -2.50. The standard InChI is InChI=1S/C15H19NO5/c1-16(2)14(17)8-9-21-12-6-4-11(5-7-15(18)19)10-13(12)20-3/h4-7,10H,8-9H2,1-3H3,(H,18,19)/b7-5+. The number of carbonyl (C=O) groups excluding carboxylic acids is 1. The molecule has 0 aliphatic rings. The van der Waals surface area contributed by atoms with Gasteiger partial charge in [-0.2, -0.15) is 0 Å². The highest BCUT2D eigenvalue weighted by Crippen LogP contribution is 2.28. The van der Waals surface area contributed by atoms with E-state index in [1.54, 1.807) is 32.3 Å². The molecule has 0 heterocycles. The molecule has 0 unspecified atom stereocenters. The molecule has 0 bridgehead atoms. The van der Waals surface area contributed by atoms with Gasteiger partial charge in [-0.3, -0.25) is 4.79 Å². The lowest BCUT2D eigenvalue weighted by molar-refractivity contribution is -0.131. The Morgan fingerprint density at radius 1 is 1.29 bits per heavy atom. The molecule has 1 amide bonds. The quantitative estimate of drug-likeness (QED) is 0.774. The van der Waals surface area contributed by atoms with Crippen LogP contribution >= 0.6 is 0 Å². The molecule has 0 saturated heterocycles. The molecule has 0 aliphatic heterocycles. The smallest absolute Gasteiger partial charge is 0.328 e. The number of hydrogen-bond donors (Lipinski definition) is 1. The molecule has 0 aliphatic carbocycles. The van der Waals surface area contributed by atoms with Crippen LogP contribution in [0.2, 0.25) is 0 Å². The van der Waals surface area contributed by atoms with Crippen molar-refractivity contribution in [2.75, 3.05) is 27.8 Å². The number of hydrogen-bond acceptors (Lipinski definition) is 4. The van der Waals surface area contributed by atoms with E-state index in [0.29, 0.717) is 17.1 Å². The number of amides is 1. The third-order valence-corrected chi connectivity index (χ3v) is 2.68. The summed E-state index contributed by atoms with van der Waals surface area (Å²) in [5.41, 5.74) is 0.686. The Labute approximate surface area is 123 Å². The average molecular weight is 293 g/mol. The number of rotatable bonds is 7. The molecule has 0 spiro atoms. The highest BCUT2D eigenvalue weighted by molar-refractivity contribution is 5.85. The van der Waals surface area contributed by atoms with Crippen molar-refractivity contribution in [1.29, 1.82) is 0 Å². The largest absolute Gasteiger partial charge is 0.493 e. The number of ether oxygens (including phenoxy) is 2. The van der Waals surface area contributed by atoms with Crippen molar-refractivity contribution in [2.45, 2.75) is 6.42 Å². The first-order valence-electron chi connectivity index (χ1n) is 6.36. The summed E-state index contributed by atoms with van der Waals surface area (Å²) in [6.45, 7) is 0.248. The third-order valence-electron chi connectivity index (χ3n) is 2.68. The fourth-order valence-electron chi connectivity index (χ4n) is 1.55. The van der Waals surface area contributed by atoms with Crippen molar-refractivity contribution in [3.05, 3.63) is 29.8 Å². The van der Waals surface area contributed by atoms with Crippen LogP contribution in [0, 0.1) is 0 Å². The van der Waals surface area contributed by atoms with Gasteiger partial charge in [0.25, 0.3) is 0 Å². The van der Waals surface area contributed by atoms with Crippen LogP contribution in [0.15, 0.2) is 24.3 Å². The van der Waals surface area contributed by atoms with Crippen molar-refractivity contribution in [1.82, 2.24) is 4.90 Å². The van der Waals surface area contributed by atoms with Gasteiger partial charge in [0.15, 0.2) is 11.5 Å². The summed E-state index contributed by atoms with van der Waals surface area (Å²) in [5.74, 6) is -0.0390. The molecule has 0 aromatic heterocycles. The number of carboxylic acid groups (broad SMARTS) is 1. The molecule has 114 valence electrons. The summed E-state index contributed by atoms with van der Waals surface area (Å²) in [6, 6.07) is 5.06. The molecule has 0 saturated carbocycles. The van der Waals surface area contributed by atoms with E-state index in [1.165, 1.54) is 18.1 Å². The number of aliphatic carboxylic acids is 1. The third kappa shape index (κ3) is 5.56. The minimum Gasteiger partial charge on any atom is -0.493 e. The van der Waals surface area contributed by atoms with Gasteiger partial charge in [0.05, 0.1) is 20.1 Å². The van der Waals surface area contributed by atoms with E-state index in [1.807, 2.05) is 0 Å². The van der Waals surface area contributed by atoms with Crippen molar-refractivity contribution < 1.29 is 24.2 Å². The van der Waals surface area contributed by atoms with Crippen LogP contribution in [-0.4, -0.2) is 49.7 Å². The topological polar surface area (TPSA) is 76.1 Å². The van der Waals surface area contributed by atoms with E-state index in [-0.39, 0.29) is 18.9 Å². The van der Waals surface area contributed by atoms with Gasteiger partial charge in [-0.05, 0) is 23.8 Å². The zero-order chi connectivity index (χ0) is 15.8. The van der Waals surface area contributed by atoms with E-state index in [4.69, 9.17) is 14.6 Å². The first kappa shape index (κ1) is 16.6. The number of nitrogens with zero attached hydrogens (tertiary/aromatic N) is 1. The predicted octanol–water partition coefficient (Wildman–Crippen LogP) is 1.65. The average Bonchev–Trinajstić information content (AvgIpc) is 2.45. The van der Waals surface area contributed by atoms with Gasteiger partial charge in [0.2, 0.25) is 5.91 Å². The zero-order valence-corrected chi connectivity index (χ0v) is 12.3. The van der Waals surface area contributed by atoms with Crippen LogP contribution in [0.25, 0.3) is 6.08 Å². The minimum atomic E-state index is -1.02. The summed E-state index contributed by atoms with van der Waals surface area (Å²) < 4.78 is 10.7. The van der Waals surface area contributed by atoms with Gasteiger partial charge in [-0.25, -0.2) is 4.79 Å². The molecule has 0 fully saturated rings. The van der Waals surface area contributed by atoms with Crippen LogP contribution in [0.5, 0.6) is 11.5 Å². The second kappa shape index (κ2) is 7.94. The van der Waals surface area contributed by atoms with Crippen molar-refractivity contribution in [3.8, 4) is 11.5 Å². The number of carboxylic acids is 1. The molecule has 1 N–H and O–H groups in total. The molecule has 21 heavy (non-hydrogen) atoms. The van der Waals surface area contributed by atoms with Crippen LogP contribution in [0.3, 0.4) is 0 Å². The predicted molar refractivity (Wildman–Crippen MR) is 78.5 cm³/mol. The Morgan fingerprint density at radius 3 is 2.57 bits per heavy atom. The van der Waals surface area contributed by atoms with Gasteiger partial charge >= 0.3 is 5.97 Å². The van der Waals surface area contributed by atoms with Crippen molar-refractivity contribution in [3.63, 3.8) is 0 Å². The summed E-state index contributed by atoms with van der Waals surface area (Å²) in [6.07, 6.45) is 2.78. The zero-order valence-electron chi connectivity index (χ0n) is 12.3. The van der Waals surface area contributed by atoms with Crippen LogP contribution in [0.4, 0.5) is 0 Å². The van der Waals surface area contributed by atoms with Crippen molar-refractivity contribution in [2.24, 2.45) is 0 Å². The van der Waals surface area contributed by atoms with E-state index in [9.17, 15) is 9.59 Å². The highest BCUT2D eigenvalue weighted by atomic mass is 16.5. The molecular weight excluding hydrogens is 274 g/mol. The van der Waals surface area contributed by atoms with Gasteiger partial charge in [-0.1, -0.05) is 6.07 Å². The van der Waals surface area contributed by atoms with Crippen LogP contribution in [0.1, 0.15) is 12.0 Å². The Kier molecular flexibility index (Phi) is 6.26. The molecule has 0 atom stereocenters. The SMILES string of the molecule is COc1cc(/C=C/C(=O)O)ccc1OCCC(=O)N(C)C. The number of methoxy groups -OCH3 is 1. The lowest BCUT2D eigenvalue weighted by atomic mass is 10.2. The van der Waals surface area contributed by atoms with E-state index >= 15 is 0 Å². The normalized spacial score (nSPS) is 10.4. The minimum absolute atomic E-state index is 0.0185. The van der Waals surface area contributed by atoms with Gasteiger partial charge in [-0.15, -0.1) is 0 Å². The van der Waals surface area contributed by atoms with E-state index in [0.717, 1.165) is 6.08 Å². The van der Waals surface area contributed by atoms with Crippen LogP contribution in [-0.2, 0) is 9.59 Å². The van der Waals surface area contributed by atoms with Crippen molar-refractivity contribution >= 4 is 18.0 Å². The van der Waals surface area contributed by atoms with Gasteiger partial charge < -0.3 is 19.5 Å². The maximum Gasteiger partial charge on any atom is 0.328 e. The molecule has 6 nitrogen and oxygen atoms in total. The fourth-order valence-corrected chi connectivity index (χ4v) is 1.55. The summed E-state index contributed by atoms with van der Waals surface area (Å²) >= 11 is 0. The summed E-state index contributed by atoms with van der Waals surface area (Å²) in [5, 5.41) is 8.59. The Morgan fingerprint density at radius 2 is 2.00 bits per heavy atom. The maximum absolute atomic E-state index is 11.4. The molecule has 1 aromatic rings. The summed E-state index contributed by atoms with van der Waals surface area (Å²) in [4.78, 5) is 23.4. The number of carbonyl (C=O) groups is 2. The highest BCUT2D eigenvalue weighted by Gasteiger charge is 2.08. The first-order chi connectivity index (χ1) is 9.93. The fraction of sp³-hybridized carbons (Fsp3) is 0.333. The monoisotopic (exact) mass is 293 g/mol. The van der Waals surface area contributed by atoms with Gasteiger partial charge in [0, 0.05) is 20.2 Å². The second-order valence-electron chi connectivity index (χ2n) is 4.47. The Bertz CT molecular complexity index is 537. The first-order valence-corrected chi connectivity index (χ1v) is 6.36. The number of benzene rings is 1. The van der Waals surface area contributed by atoms with E-state index in [2.05, 4.69) is 0 Å². The lowest BCUT2D eigenvalue weighted by Crippen LogP contribution is -2.23. The molecule has 1 aromatic carbocycles.